The lowest BCUT2D eigenvalue weighted by atomic mass is 10.1. The number of hydrogen-bond donors (Lipinski definition) is 2. The fourth-order valence-electron chi connectivity index (χ4n) is 2.18. The van der Waals surface area contributed by atoms with E-state index in [-0.39, 0.29) is 13.2 Å². The van der Waals surface area contributed by atoms with Gasteiger partial charge >= 0.3 is 0 Å². The Kier molecular flexibility index (Phi) is 7.38. The van der Waals surface area contributed by atoms with Gasteiger partial charge in [-0.2, -0.15) is 0 Å². The molecule has 0 aliphatic carbocycles. The Bertz CT molecular complexity index is 769. The maximum atomic E-state index is 11.9. The summed E-state index contributed by atoms with van der Waals surface area (Å²) in [6, 6.07) is 9.75. The van der Waals surface area contributed by atoms with Crippen LogP contribution in [0.3, 0.4) is 0 Å². The third kappa shape index (κ3) is 5.42. The van der Waals surface area contributed by atoms with Crippen LogP contribution in [-0.4, -0.2) is 38.4 Å². The Morgan fingerprint density at radius 1 is 1.08 bits per heavy atom. The molecule has 0 fully saturated rings. The van der Waals surface area contributed by atoms with Gasteiger partial charge in [0.1, 0.15) is 5.75 Å². The van der Waals surface area contributed by atoms with Crippen LogP contribution in [0.15, 0.2) is 36.4 Å². The number of halogens is 2. The predicted molar refractivity (Wildman–Crippen MR) is 99.5 cm³/mol. The Morgan fingerprint density at radius 2 is 1.77 bits per heavy atom. The minimum atomic E-state index is -0.905. The minimum absolute atomic E-state index is 0.0199. The molecule has 0 aliphatic heterocycles. The van der Waals surface area contributed by atoms with Gasteiger partial charge in [0.25, 0.3) is 5.91 Å². The zero-order chi connectivity index (χ0) is 19.1. The largest absolute Gasteiger partial charge is 0.493 e. The standard InChI is InChI=1S/C18H19Cl2NO5/c1-24-16-5-3-11(7-17(16)25-2)14(22)9-21-18(23)10-26-15-6-4-12(19)8-13(15)20/h3-8,14,22H,9-10H2,1-2H3,(H,21,23). The molecule has 2 N–H and O–H groups in total. The SMILES string of the molecule is COc1ccc(C(O)CNC(=O)COc2ccc(Cl)cc2Cl)cc1OC. The number of carbonyl (C=O) groups is 1. The maximum absolute atomic E-state index is 11.9. The first-order valence-corrected chi connectivity index (χ1v) is 8.44. The Balaban J connectivity index is 1.86. The quantitative estimate of drug-likeness (QED) is 0.712. The number of amides is 1. The molecule has 8 heteroatoms. The monoisotopic (exact) mass is 399 g/mol. The van der Waals surface area contributed by atoms with Gasteiger partial charge < -0.3 is 24.6 Å². The van der Waals surface area contributed by atoms with E-state index >= 15 is 0 Å². The topological polar surface area (TPSA) is 77.0 Å². The molecule has 0 saturated carbocycles. The van der Waals surface area contributed by atoms with Gasteiger partial charge in [-0.15, -0.1) is 0 Å². The molecule has 140 valence electrons. The van der Waals surface area contributed by atoms with Crippen molar-refractivity contribution in [3.8, 4) is 17.2 Å². The molecule has 2 rings (SSSR count). The predicted octanol–water partition coefficient (Wildman–Crippen LogP) is 3.24. The van der Waals surface area contributed by atoms with E-state index in [0.29, 0.717) is 32.9 Å². The van der Waals surface area contributed by atoms with E-state index in [1.165, 1.54) is 20.3 Å². The Hall–Kier alpha value is -2.15. The van der Waals surface area contributed by atoms with Gasteiger partial charge in [0.2, 0.25) is 0 Å². The van der Waals surface area contributed by atoms with Crippen LogP contribution in [0, 0.1) is 0 Å². The van der Waals surface area contributed by atoms with Crippen LogP contribution in [0.25, 0.3) is 0 Å². The Morgan fingerprint density at radius 3 is 2.42 bits per heavy atom. The highest BCUT2D eigenvalue weighted by Crippen LogP contribution is 2.30. The number of aliphatic hydroxyl groups excluding tert-OH is 1. The van der Waals surface area contributed by atoms with Gasteiger partial charge in [0, 0.05) is 11.6 Å². The van der Waals surface area contributed by atoms with Crippen molar-refractivity contribution in [2.24, 2.45) is 0 Å². The molecular formula is C18H19Cl2NO5. The van der Waals surface area contributed by atoms with E-state index < -0.39 is 12.0 Å². The number of hydrogen-bond acceptors (Lipinski definition) is 5. The summed E-state index contributed by atoms with van der Waals surface area (Å²) in [5, 5.41) is 13.6. The first-order chi connectivity index (χ1) is 12.4. The molecule has 0 spiro atoms. The smallest absolute Gasteiger partial charge is 0.258 e. The second-order valence-corrected chi connectivity index (χ2v) is 6.14. The van der Waals surface area contributed by atoms with Gasteiger partial charge in [-0.3, -0.25) is 4.79 Å². The third-order valence-electron chi connectivity index (χ3n) is 3.54. The molecule has 6 nitrogen and oxygen atoms in total. The van der Waals surface area contributed by atoms with Crippen LogP contribution < -0.4 is 19.5 Å². The molecule has 0 aliphatic rings. The highest BCUT2D eigenvalue weighted by Gasteiger charge is 2.13. The van der Waals surface area contributed by atoms with Crippen LogP contribution in [0.1, 0.15) is 11.7 Å². The molecule has 26 heavy (non-hydrogen) atoms. The van der Waals surface area contributed by atoms with Gasteiger partial charge in [0.05, 0.1) is 25.3 Å². The van der Waals surface area contributed by atoms with Crippen LogP contribution in [0.4, 0.5) is 0 Å². The van der Waals surface area contributed by atoms with Crippen LogP contribution >= 0.6 is 23.2 Å². The normalized spacial score (nSPS) is 11.6. The number of benzene rings is 2. The highest BCUT2D eigenvalue weighted by molar-refractivity contribution is 6.35. The summed E-state index contributed by atoms with van der Waals surface area (Å²) in [6.45, 7) is -0.216. The summed E-state index contributed by atoms with van der Waals surface area (Å²) in [5.74, 6) is 1.01. The Labute approximate surface area is 161 Å². The third-order valence-corrected chi connectivity index (χ3v) is 4.07. The second-order valence-electron chi connectivity index (χ2n) is 5.30. The number of aliphatic hydroxyl groups is 1. The van der Waals surface area contributed by atoms with Crippen molar-refractivity contribution >= 4 is 29.1 Å². The average Bonchev–Trinajstić information content (AvgIpc) is 2.64. The lowest BCUT2D eigenvalue weighted by Crippen LogP contribution is -2.32. The maximum Gasteiger partial charge on any atom is 0.258 e. The van der Waals surface area contributed by atoms with E-state index in [4.69, 9.17) is 37.4 Å². The molecule has 1 atom stereocenters. The molecule has 2 aromatic rings. The van der Waals surface area contributed by atoms with Crippen LogP contribution in [0.5, 0.6) is 17.2 Å². The summed E-state index contributed by atoms with van der Waals surface area (Å²) in [5.41, 5.74) is 0.588. The van der Waals surface area contributed by atoms with Crippen molar-refractivity contribution < 1.29 is 24.1 Å². The molecular weight excluding hydrogens is 381 g/mol. The minimum Gasteiger partial charge on any atom is -0.493 e. The molecule has 0 radical (unpaired) electrons. The summed E-state index contributed by atoms with van der Waals surface area (Å²) >= 11 is 11.8. The molecule has 1 amide bonds. The zero-order valence-electron chi connectivity index (χ0n) is 14.3. The van der Waals surface area contributed by atoms with Gasteiger partial charge in [-0.05, 0) is 35.9 Å². The molecule has 0 heterocycles. The summed E-state index contributed by atoms with van der Waals surface area (Å²) in [4.78, 5) is 11.9. The zero-order valence-corrected chi connectivity index (χ0v) is 15.8. The first-order valence-electron chi connectivity index (χ1n) is 7.69. The first kappa shape index (κ1) is 20.2. The van der Waals surface area contributed by atoms with E-state index in [1.54, 1.807) is 30.3 Å². The summed E-state index contributed by atoms with van der Waals surface area (Å²) in [6.07, 6.45) is -0.905. The highest BCUT2D eigenvalue weighted by atomic mass is 35.5. The van der Waals surface area contributed by atoms with Crippen molar-refractivity contribution in [1.82, 2.24) is 5.32 Å². The average molecular weight is 400 g/mol. The van der Waals surface area contributed by atoms with E-state index in [2.05, 4.69) is 5.32 Å². The molecule has 0 saturated heterocycles. The number of methoxy groups -OCH3 is 2. The lowest BCUT2D eigenvalue weighted by Gasteiger charge is -2.15. The van der Waals surface area contributed by atoms with Crippen LogP contribution in [-0.2, 0) is 4.79 Å². The van der Waals surface area contributed by atoms with Crippen molar-refractivity contribution in [2.45, 2.75) is 6.10 Å². The number of rotatable bonds is 8. The van der Waals surface area contributed by atoms with Crippen molar-refractivity contribution in [1.29, 1.82) is 0 Å². The van der Waals surface area contributed by atoms with Gasteiger partial charge in [-0.25, -0.2) is 0 Å². The fourth-order valence-corrected chi connectivity index (χ4v) is 2.64. The summed E-state index contributed by atoms with van der Waals surface area (Å²) in [7, 11) is 3.04. The van der Waals surface area contributed by atoms with Gasteiger partial charge in [0.15, 0.2) is 18.1 Å². The number of carbonyl (C=O) groups excluding carboxylic acids is 1. The van der Waals surface area contributed by atoms with Gasteiger partial charge in [-0.1, -0.05) is 29.3 Å². The number of ether oxygens (including phenoxy) is 3. The van der Waals surface area contributed by atoms with Crippen molar-refractivity contribution in [3.63, 3.8) is 0 Å². The van der Waals surface area contributed by atoms with E-state index in [0.717, 1.165) is 0 Å². The molecule has 0 bridgehead atoms. The lowest BCUT2D eigenvalue weighted by molar-refractivity contribution is -0.123. The van der Waals surface area contributed by atoms with Crippen LogP contribution in [0.2, 0.25) is 10.0 Å². The molecule has 2 aromatic carbocycles. The molecule has 1 unspecified atom stereocenters. The van der Waals surface area contributed by atoms with Crippen molar-refractivity contribution in [2.75, 3.05) is 27.4 Å². The molecule has 0 aromatic heterocycles. The second kappa shape index (κ2) is 9.52. The fraction of sp³-hybridized carbons (Fsp3) is 0.278. The summed E-state index contributed by atoms with van der Waals surface area (Å²) < 4.78 is 15.7. The van der Waals surface area contributed by atoms with E-state index in [9.17, 15) is 9.90 Å². The number of nitrogens with one attached hydrogen (secondary N) is 1. The van der Waals surface area contributed by atoms with Crippen molar-refractivity contribution in [3.05, 3.63) is 52.0 Å². The van der Waals surface area contributed by atoms with E-state index in [1.807, 2.05) is 0 Å².